The lowest BCUT2D eigenvalue weighted by atomic mass is 10.1. The number of nitrogens with zero attached hydrogens (tertiary/aromatic N) is 2. The summed E-state index contributed by atoms with van der Waals surface area (Å²) < 4.78 is 0. The van der Waals surface area contributed by atoms with Crippen molar-refractivity contribution in [2.75, 3.05) is 18.0 Å². The first-order chi connectivity index (χ1) is 7.31. The van der Waals surface area contributed by atoms with Gasteiger partial charge in [-0.3, -0.25) is 0 Å². The van der Waals surface area contributed by atoms with Crippen molar-refractivity contribution >= 4 is 5.82 Å². The van der Waals surface area contributed by atoms with Crippen LogP contribution in [0.3, 0.4) is 0 Å². The number of pyridine rings is 1. The molecular formula is C12H17N3. The summed E-state index contributed by atoms with van der Waals surface area (Å²) >= 11 is 0. The van der Waals surface area contributed by atoms with Crippen LogP contribution in [0.25, 0.3) is 0 Å². The van der Waals surface area contributed by atoms with E-state index in [2.05, 4.69) is 22.5 Å². The highest BCUT2D eigenvalue weighted by Gasteiger charge is 2.14. The standard InChI is InChI=1S/C12H17N3/c1-2-11(13)10-5-6-14-12(9-10)15-7-3-4-8-15/h2,5-6,9,11H,1,3-4,7-8,13H2/t11-/m0/s1. The van der Waals surface area contributed by atoms with Crippen molar-refractivity contribution < 1.29 is 0 Å². The lowest BCUT2D eigenvalue weighted by Gasteiger charge is -2.17. The maximum absolute atomic E-state index is 5.90. The van der Waals surface area contributed by atoms with Crippen molar-refractivity contribution in [2.24, 2.45) is 5.73 Å². The second kappa shape index (κ2) is 4.45. The molecule has 3 nitrogen and oxygen atoms in total. The van der Waals surface area contributed by atoms with Gasteiger partial charge in [0.1, 0.15) is 5.82 Å². The van der Waals surface area contributed by atoms with E-state index in [-0.39, 0.29) is 6.04 Å². The molecule has 1 aliphatic heterocycles. The maximum atomic E-state index is 5.90. The number of nitrogens with two attached hydrogens (primary N) is 1. The monoisotopic (exact) mass is 203 g/mol. The summed E-state index contributed by atoms with van der Waals surface area (Å²) in [7, 11) is 0. The zero-order valence-electron chi connectivity index (χ0n) is 8.89. The number of hydrogen-bond acceptors (Lipinski definition) is 3. The van der Waals surface area contributed by atoms with Crippen LogP contribution >= 0.6 is 0 Å². The predicted molar refractivity (Wildman–Crippen MR) is 62.8 cm³/mol. The van der Waals surface area contributed by atoms with Crippen molar-refractivity contribution in [3.63, 3.8) is 0 Å². The molecule has 0 radical (unpaired) electrons. The van der Waals surface area contributed by atoms with E-state index in [1.54, 1.807) is 6.08 Å². The fourth-order valence-corrected chi connectivity index (χ4v) is 1.90. The maximum Gasteiger partial charge on any atom is 0.128 e. The molecule has 0 aliphatic carbocycles. The minimum absolute atomic E-state index is 0.0886. The van der Waals surface area contributed by atoms with Gasteiger partial charge in [-0.2, -0.15) is 0 Å². The first-order valence-corrected chi connectivity index (χ1v) is 5.40. The van der Waals surface area contributed by atoms with E-state index in [4.69, 9.17) is 5.73 Å². The first kappa shape index (κ1) is 10.2. The molecule has 3 heteroatoms. The highest BCUT2D eigenvalue weighted by molar-refractivity contribution is 5.43. The normalized spacial score (nSPS) is 17.8. The van der Waals surface area contributed by atoms with Crippen LogP contribution in [0.15, 0.2) is 31.0 Å². The molecular weight excluding hydrogens is 186 g/mol. The third-order valence-electron chi connectivity index (χ3n) is 2.84. The molecule has 1 atom stereocenters. The van der Waals surface area contributed by atoms with Crippen LogP contribution in [-0.4, -0.2) is 18.1 Å². The van der Waals surface area contributed by atoms with Gasteiger partial charge >= 0.3 is 0 Å². The average Bonchev–Trinajstić information content (AvgIpc) is 2.82. The Morgan fingerprint density at radius 1 is 1.47 bits per heavy atom. The Bertz CT molecular complexity index is 342. The van der Waals surface area contributed by atoms with E-state index in [1.807, 2.05) is 12.3 Å². The average molecular weight is 203 g/mol. The van der Waals surface area contributed by atoms with Gasteiger partial charge in [-0.25, -0.2) is 4.98 Å². The van der Waals surface area contributed by atoms with Crippen molar-refractivity contribution in [3.8, 4) is 0 Å². The molecule has 2 N–H and O–H groups in total. The van der Waals surface area contributed by atoms with Gasteiger partial charge in [0.2, 0.25) is 0 Å². The zero-order chi connectivity index (χ0) is 10.7. The number of anilines is 1. The van der Waals surface area contributed by atoms with Crippen molar-refractivity contribution in [1.82, 2.24) is 4.98 Å². The summed E-state index contributed by atoms with van der Waals surface area (Å²) in [5.74, 6) is 1.04. The second-order valence-corrected chi connectivity index (χ2v) is 3.90. The van der Waals surface area contributed by atoms with Gasteiger partial charge in [0, 0.05) is 25.3 Å². The van der Waals surface area contributed by atoms with E-state index in [9.17, 15) is 0 Å². The van der Waals surface area contributed by atoms with Crippen LogP contribution in [0.4, 0.5) is 5.82 Å². The number of aromatic nitrogens is 1. The zero-order valence-corrected chi connectivity index (χ0v) is 8.89. The smallest absolute Gasteiger partial charge is 0.128 e. The summed E-state index contributed by atoms with van der Waals surface area (Å²) in [5.41, 5.74) is 6.98. The molecule has 80 valence electrons. The third-order valence-corrected chi connectivity index (χ3v) is 2.84. The van der Waals surface area contributed by atoms with Gasteiger partial charge in [-0.1, -0.05) is 6.08 Å². The van der Waals surface area contributed by atoms with E-state index < -0.39 is 0 Å². The fraction of sp³-hybridized carbons (Fsp3) is 0.417. The quantitative estimate of drug-likeness (QED) is 0.762. The predicted octanol–water partition coefficient (Wildman–Crippen LogP) is 1.87. The SMILES string of the molecule is C=C[C@H](N)c1ccnc(N2CCCC2)c1. The highest BCUT2D eigenvalue weighted by atomic mass is 15.2. The van der Waals surface area contributed by atoms with Crippen molar-refractivity contribution in [2.45, 2.75) is 18.9 Å². The van der Waals surface area contributed by atoms with Gasteiger partial charge < -0.3 is 10.6 Å². The largest absolute Gasteiger partial charge is 0.357 e. The van der Waals surface area contributed by atoms with Crippen LogP contribution in [0.1, 0.15) is 24.4 Å². The van der Waals surface area contributed by atoms with Gasteiger partial charge in [-0.05, 0) is 30.5 Å². The van der Waals surface area contributed by atoms with Crippen molar-refractivity contribution in [3.05, 3.63) is 36.5 Å². The summed E-state index contributed by atoms with van der Waals surface area (Å²) in [6.45, 7) is 5.93. The molecule has 2 rings (SSSR count). The van der Waals surface area contributed by atoms with Crippen LogP contribution < -0.4 is 10.6 Å². The Morgan fingerprint density at radius 3 is 2.87 bits per heavy atom. The summed E-state index contributed by atoms with van der Waals surface area (Å²) in [6.07, 6.45) is 6.11. The fourth-order valence-electron chi connectivity index (χ4n) is 1.90. The molecule has 0 amide bonds. The molecule has 1 aromatic rings. The Kier molecular flexibility index (Phi) is 3.02. The van der Waals surface area contributed by atoms with Crippen LogP contribution in [0.2, 0.25) is 0 Å². The summed E-state index contributed by atoms with van der Waals surface area (Å²) in [6, 6.07) is 3.93. The Labute approximate surface area is 90.6 Å². The number of rotatable bonds is 3. The first-order valence-electron chi connectivity index (χ1n) is 5.40. The van der Waals surface area contributed by atoms with Crippen LogP contribution in [0.5, 0.6) is 0 Å². The molecule has 1 aromatic heterocycles. The van der Waals surface area contributed by atoms with Gasteiger partial charge in [-0.15, -0.1) is 6.58 Å². The van der Waals surface area contributed by atoms with Crippen LogP contribution in [-0.2, 0) is 0 Å². The Morgan fingerprint density at radius 2 is 2.20 bits per heavy atom. The topological polar surface area (TPSA) is 42.1 Å². The van der Waals surface area contributed by atoms with Crippen LogP contribution in [0, 0.1) is 0 Å². The minimum Gasteiger partial charge on any atom is -0.357 e. The summed E-state index contributed by atoms with van der Waals surface area (Å²) in [5, 5.41) is 0. The van der Waals surface area contributed by atoms with Crippen molar-refractivity contribution in [1.29, 1.82) is 0 Å². The Balaban J connectivity index is 2.21. The molecule has 0 aromatic carbocycles. The van der Waals surface area contributed by atoms with E-state index in [1.165, 1.54) is 12.8 Å². The Hall–Kier alpha value is -1.35. The molecule has 0 saturated carbocycles. The summed E-state index contributed by atoms with van der Waals surface area (Å²) in [4.78, 5) is 6.68. The third kappa shape index (κ3) is 2.18. The van der Waals surface area contributed by atoms with E-state index >= 15 is 0 Å². The minimum atomic E-state index is -0.0886. The molecule has 0 spiro atoms. The number of hydrogen-bond donors (Lipinski definition) is 1. The molecule has 0 unspecified atom stereocenters. The lowest BCUT2D eigenvalue weighted by molar-refractivity contribution is 0.889. The van der Waals surface area contributed by atoms with Gasteiger partial charge in [0.05, 0.1) is 0 Å². The van der Waals surface area contributed by atoms with E-state index in [0.717, 1.165) is 24.5 Å². The molecule has 1 aliphatic rings. The van der Waals surface area contributed by atoms with Gasteiger partial charge in [0.15, 0.2) is 0 Å². The lowest BCUT2D eigenvalue weighted by Crippen LogP contribution is -2.19. The van der Waals surface area contributed by atoms with Gasteiger partial charge in [0.25, 0.3) is 0 Å². The molecule has 1 saturated heterocycles. The molecule has 0 bridgehead atoms. The molecule has 1 fully saturated rings. The second-order valence-electron chi connectivity index (χ2n) is 3.90. The van der Waals surface area contributed by atoms with E-state index in [0.29, 0.717) is 0 Å². The highest BCUT2D eigenvalue weighted by Crippen LogP contribution is 2.20. The molecule has 15 heavy (non-hydrogen) atoms. The molecule has 2 heterocycles.